The van der Waals surface area contributed by atoms with E-state index in [4.69, 9.17) is 10.8 Å². The fourth-order valence-corrected chi connectivity index (χ4v) is 0.966. The molecule has 3 N–H and O–H groups in total. The van der Waals surface area contributed by atoms with Crippen molar-refractivity contribution in [3.63, 3.8) is 0 Å². The first-order valence-corrected chi connectivity index (χ1v) is 3.64. The van der Waals surface area contributed by atoms with Crippen LogP contribution in [0.15, 0.2) is 18.2 Å². The fraction of sp³-hybridized carbons (Fsp3) is 0.143. The number of hydrogen-bond acceptors (Lipinski definition) is 2. The summed E-state index contributed by atoms with van der Waals surface area (Å²) in [4.78, 5) is 0. The Labute approximate surface area is 73.2 Å². The summed E-state index contributed by atoms with van der Waals surface area (Å²) in [5.41, 5.74) is 4.87. The van der Waals surface area contributed by atoms with E-state index in [1.54, 1.807) is 0 Å². The van der Waals surface area contributed by atoms with Crippen LogP contribution < -0.4 is 11.2 Å². The van der Waals surface area contributed by atoms with Gasteiger partial charge in [-0.15, -0.1) is 5.46 Å². The van der Waals surface area contributed by atoms with Crippen molar-refractivity contribution in [2.75, 3.05) is 5.73 Å². The Morgan fingerprint density at radius 1 is 1.31 bits per heavy atom. The van der Waals surface area contributed by atoms with Gasteiger partial charge in [-0.3, -0.25) is 0 Å². The van der Waals surface area contributed by atoms with Crippen LogP contribution in [0.3, 0.4) is 0 Å². The highest BCUT2D eigenvalue weighted by Gasteiger charge is 2.25. The zero-order valence-electron chi connectivity index (χ0n) is 6.67. The van der Waals surface area contributed by atoms with Crippen LogP contribution in [0.2, 0.25) is 0 Å². The molecule has 13 heavy (non-hydrogen) atoms. The fourth-order valence-electron chi connectivity index (χ4n) is 0.966. The zero-order chi connectivity index (χ0) is 10.1. The highest BCUT2D eigenvalue weighted by atomic mass is 19.4. The number of halogens is 3. The molecule has 0 aliphatic rings. The largest absolute Gasteiger partial charge is 0.509 e. The van der Waals surface area contributed by atoms with Crippen LogP contribution in [-0.2, 0) is 6.61 Å². The molecule has 6 heteroatoms. The molecule has 0 saturated carbocycles. The van der Waals surface area contributed by atoms with Gasteiger partial charge in [0.2, 0.25) is 0 Å². The summed E-state index contributed by atoms with van der Waals surface area (Å²) in [6.07, 6.45) is 0. The van der Waals surface area contributed by atoms with Crippen molar-refractivity contribution in [1.29, 1.82) is 0 Å². The molecule has 0 radical (unpaired) electrons. The summed E-state index contributed by atoms with van der Waals surface area (Å²) in [5.74, 6) is 0. The van der Waals surface area contributed by atoms with Crippen molar-refractivity contribution in [1.82, 2.24) is 0 Å². The highest BCUT2D eigenvalue weighted by molar-refractivity contribution is 6.73. The number of nitrogens with two attached hydrogens (primary N) is 1. The van der Waals surface area contributed by atoms with Gasteiger partial charge in [-0.25, -0.2) is 0 Å². The molecule has 0 aliphatic carbocycles. The van der Waals surface area contributed by atoms with E-state index >= 15 is 0 Å². The molecule has 1 aromatic carbocycles. The van der Waals surface area contributed by atoms with Crippen LogP contribution in [0.1, 0.15) is 5.56 Å². The third-order valence-electron chi connectivity index (χ3n) is 1.72. The second kappa shape index (κ2) is 3.29. The van der Waals surface area contributed by atoms with Crippen molar-refractivity contribution in [3.8, 4) is 0 Å². The molecular formula is C7H8BF3NO-. The third kappa shape index (κ3) is 2.15. The van der Waals surface area contributed by atoms with Gasteiger partial charge in [0.25, 0.3) is 0 Å². The number of hydrogen-bond donors (Lipinski definition) is 2. The van der Waals surface area contributed by atoms with Crippen LogP contribution in [0.25, 0.3) is 0 Å². The maximum absolute atomic E-state index is 12.2. The first-order chi connectivity index (χ1) is 5.95. The van der Waals surface area contributed by atoms with E-state index in [1.165, 1.54) is 0 Å². The summed E-state index contributed by atoms with van der Waals surface area (Å²) in [5, 5.41) is 8.67. The Kier molecular flexibility index (Phi) is 2.51. The normalized spacial score (nSPS) is 11.7. The molecule has 0 atom stereocenters. The second-order valence-electron chi connectivity index (χ2n) is 2.69. The third-order valence-corrected chi connectivity index (χ3v) is 1.72. The number of benzene rings is 1. The lowest BCUT2D eigenvalue weighted by molar-refractivity contribution is 0.282. The average Bonchev–Trinajstić information content (AvgIpc) is 2.03. The van der Waals surface area contributed by atoms with E-state index in [2.05, 4.69) is 0 Å². The molecule has 0 bridgehead atoms. The quantitative estimate of drug-likeness (QED) is 0.535. The molecule has 0 amide bonds. The van der Waals surface area contributed by atoms with Gasteiger partial charge in [0.05, 0.1) is 6.61 Å². The van der Waals surface area contributed by atoms with E-state index in [0.717, 1.165) is 18.2 Å². The Morgan fingerprint density at radius 3 is 2.38 bits per heavy atom. The minimum Gasteiger partial charge on any atom is -0.445 e. The smallest absolute Gasteiger partial charge is 0.445 e. The summed E-state index contributed by atoms with van der Waals surface area (Å²) >= 11 is 0. The summed E-state index contributed by atoms with van der Waals surface area (Å²) < 4.78 is 36.5. The number of anilines is 1. The molecular weight excluding hydrogens is 182 g/mol. The number of aliphatic hydroxyl groups is 1. The molecule has 1 aromatic rings. The average molecular weight is 190 g/mol. The van der Waals surface area contributed by atoms with Gasteiger partial charge in [-0.2, -0.15) is 0 Å². The predicted octanol–water partition coefficient (Wildman–Crippen LogP) is 0.816. The first-order valence-electron chi connectivity index (χ1n) is 3.64. The van der Waals surface area contributed by atoms with E-state index in [9.17, 15) is 12.9 Å². The van der Waals surface area contributed by atoms with Crippen LogP contribution in [0.4, 0.5) is 18.6 Å². The molecule has 1 rings (SSSR count). The monoisotopic (exact) mass is 190 g/mol. The highest BCUT2D eigenvalue weighted by Crippen LogP contribution is 2.14. The van der Waals surface area contributed by atoms with E-state index in [0.29, 0.717) is 0 Å². The number of aliphatic hydroxyl groups excluding tert-OH is 1. The Bertz CT molecular complexity index is 313. The minimum absolute atomic E-state index is 0.108. The number of nitrogen functional groups attached to an aromatic ring is 1. The molecule has 72 valence electrons. The maximum atomic E-state index is 12.2. The van der Waals surface area contributed by atoms with Gasteiger partial charge >= 0.3 is 6.98 Å². The van der Waals surface area contributed by atoms with Crippen molar-refractivity contribution in [3.05, 3.63) is 23.8 Å². The summed E-state index contributed by atoms with van der Waals surface area (Å²) in [7, 11) is 0. The van der Waals surface area contributed by atoms with Crippen LogP contribution in [0.5, 0.6) is 0 Å². The van der Waals surface area contributed by atoms with Gasteiger partial charge in [0.15, 0.2) is 0 Å². The lowest BCUT2D eigenvalue weighted by Gasteiger charge is -2.16. The van der Waals surface area contributed by atoms with Gasteiger partial charge in [0.1, 0.15) is 0 Å². The van der Waals surface area contributed by atoms with E-state index < -0.39 is 19.0 Å². The Morgan fingerprint density at radius 2 is 1.92 bits per heavy atom. The number of rotatable bonds is 2. The molecule has 0 spiro atoms. The topological polar surface area (TPSA) is 46.2 Å². The lowest BCUT2D eigenvalue weighted by Crippen LogP contribution is -2.34. The van der Waals surface area contributed by atoms with Gasteiger partial charge < -0.3 is 23.8 Å². The van der Waals surface area contributed by atoms with Crippen LogP contribution in [0, 0.1) is 0 Å². The van der Waals surface area contributed by atoms with Gasteiger partial charge in [-0.05, 0) is 11.6 Å². The predicted molar refractivity (Wildman–Crippen MR) is 45.5 cm³/mol. The van der Waals surface area contributed by atoms with E-state index in [-0.39, 0.29) is 11.3 Å². The molecule has 2 nitrogen and oxygen atoms in total. The molecule has 0 saturated heterocycles. The van der Waals surface area contributed by atoms with Gasteiger partial charge in [-0.1, -0.05) is 12.1 Å². The first kappa shape index (κ1) is 9.92. The molecule has 0 aromatic heterocycles. The van der Waals surface area contributed by atoms with Crippen LogP contribution in [-0.4, -0.2) is 12.1 Å². The van der Waals surface area contributed by atoms with Crippen LogP contribution >= 0.6 is 0 Å². The van der Waals surface area contributed by atoms with E-state index in [1.807, 2.05) is 0 Å². The second-order valence-corrected chi connectivity index (χ2v) is 2.69. The molecule has 0 unspecified atom stereocenters. The molecule has 0 aliphatic heterocycles. The zero-order valence-corrected chi connectivity index (χ0v) is 6.67. The minimum atomic E-state index is -5.01. The summed E-state index contributed by atoms with van der Waals surface area (Å²) in [6, 6.07) is 2.93. The SMILES string of the molecule is Nc1ccc([B-](F)(F)F)cc1CO. The van der Waals surface area contributed by atoms with Crippen molar-refractivity contribution in [2.24, 2.45) is 0 Å². The molecule has 0 fully saturated rings. The lowest BCUT2D eigenvalue weighted by atomic mass is 9.79. The Hall–Kier alpha value is -1.17. The molecule has 0 heterocycles. The van der Waals surface area contributed by atoms with Crippen molar-refractivity contribution >= 4 is 18.1 Å². The van der Waals surface area contributed by atoms with Crippen molar-refractivity contribution < 1.29 is 18.1 Å². The van der Waals surface area contributed by atoms with Gasteiger partial charge in [0, 0.05) is 5.69 Å². The summed E-state index contributed by atoms with van der Waals surface area (Å²) in [6.45, 7) is -5.49. The maximum Gasteiger partial charge on any atom is 0.509 e. The standard InChI is InChI=1S/C7H8BF3NO/c9-8(10,11)6-1-2-7(12)5(3-6)4-13/h1-3,13H,4,12H2/q-1. The Balaban J connectivity index is 3.14. The van der Waals surface area contributed by atoms with Crippen molar-refractivity contribution in [2.45, 2.75) is 6.61 Å².